The van der Waals surface area contributed by atoms with Gasteiger partial charge in [-0.05, 0) is 31.0 Å². The van der Waals surface area contributed by atoms with E-state index in [9.17, 15) is 14.0 Å². The smallest absolute Gasteiger partial charge is 0.334 e. The van der Waals surface area contributed by atoms with Gasteiger partial charge >= 0.3 is 12.0 Å². The molecule has 20 heavy (non-hydrogen) atoms. The number of nitrogens with one attached hydrogen (secondary N) is 2. The Labute approximate surface area is 115 Å². The lowest BCUT2D eigenvalue weighted by Gasteiger charge is -2.15. The van der Waals surface area contributed by atoms with Crippen molar-refractivity contribution in [2.24, 2.45) is 0 Å². The second kappa shape index (κ2) is 7.44. The zero-order valence-electron chi connectivity index (χ0n) is 11.0. The van der Waals surface area contributed by atoms with E-state index < -0.39 is 18.1 Å². The molecule has 2 atom stereocenters. The number of aliphatic carboxylic acids is 1. The van der Waals surface area contributed by atoms with E-state index in [0.717, 1.165) is 5.56 Å². The molecule has 2 unspecified atom stereocenters. The molecule has 2 amide bonds. The van der Waals surface area contributed by atoms with E-state index in [-0.39, 0.29) is 18.4 Å². The first kappa shape index (κ1) is 15.9. The Hall–Kier alpha value is -2.15. The highest BCUT2D eigenvalue weighted by atomic mass is 19.1. The van der Waals surface area contributed by atoms with Crippen LogP contribution in [0.1, 0.15) is 12.5 Å². The van der Waals surface area contributed by atoms with Crippen LogP contribution in [0.3, 0.4) is 0 Å². The fourth-order valence-electron chi connectivity index (χ4n) is 1.58. The minimum absolute atomic E-state index is 0.220. The minimum Gasteiger partial charge on any atom is -0.479 e. The highest BCUT2D eigenvalue weighted by Crippen LogP contribution is 2.05. The van der Waals surface area contributed by atoms with E-state index in [1.165, 1.54) is 12.1 Å². The molecule has 1 aromatic rings. The Morgan fingerprint density at radius 3 is 2.45 bits per heavy atom. The van der Waals surface area contributed by atoms with Gasteiger partial charge in [-0.1, -0.05) is 12.1 Å². The van der Waals surface area contributed by atoms with Crippen molar-refractivity contribution in [2.45, 2.75) is 25.5 Å². The summed E-state index contributed by atoms with van der Waals surface area (Å²) in [5.41, 5.74) is 0.866. The lowest BCUT2D eigenvalue weighted by molar-refractivity contribution is -0.146. The van der Waals surface area contributed by atoms with Crippen LogP contribution >= 0.6 is 0 Å². The fraction of sp³-hybridized carbons (Fsp3) is 0.385. The summed E-state index contributed by atoms with van der Waals surface area (Å²) in [4.78, 5) is 21.8. The fourth-order valence-corrected chi connectivity index (χ4v) is 1.58. The molecule has 1 rings (SSSR count). The Morgan fingerprint density at radius 1 is 1.30 bits per heavy atom. The largest absolute Gasteiger partial charge is 0.479 e. The first-order chi connectivity index (χ1) is 9.38. The van der Waals surface area contributed by atoms with Gasteiger partial charge in [-0.25, -0.2) is 14.0 Å². The SMILES string of the molecule is CC(Cc1ccc(F)cc1)NC(=O)NCC(O)C(=O)O. The Kier molecular flexibility index (Phi) is 5.92. The zero-order chi connectivity index (χ0) is 15.1. The maximum atomic E-state index is 12.7. The summed E-state index contributed by atoms with van der Waals surface area (Å²) in [5, 5.41) is 22.3. The number of rotatable bonds is 6. The van der Waals surface area contributed by atoms with Crippen LogP contribution in [0.25, 0.3) is 0 Å². The third kappa shape index (κ3) is 5.66. The molecule has 7 heteroatoms. The Morgan fingerprint density at radius 2 is 1.90 bits per heavy atom. The van der Waals surface area contributed by atoms with Crippen molar-refractivity contribution in [3.63, 3.8) is 0 Å². The number of aliphatic hydroxyl groups is 1. The summed E-state index contributed by atoms with van der Waals surface area (Å²) in [7, 11) is 0. The predicted octanol–water partition coefficient (Wildman–Crippen LogP) is 0.501. The van der Waals surface area contributed by atoms with Gasteiger partial charge in [0, 0.05) is 6.04 Å². The molecule has 0 aliphatic heterocycles. The van der Waals surface area contributed by atoms with E-state index in [0.29, 0.717) is 6.42 Å². The van der Waals surface area contributed by atoms with Crippen LogP contribution in [0.15, 0.2) is 24.3 Å². The van der Waals surface area contributed by atoms with Gasteiger partial charge in [-0.2, -0.15) is 0 Å². The standard InChI is InChI=1S/C13H17FN2O4/c1-8(6-9-2-4-10(14)5-3-9)16-13(20)15-7-11(17)12(18)19/h2-5,8,11,17H,6-7H2,1H3,(H,18,19)(H2,15,16,20). The number of aliphatic hydroxyl groups excluding tert-OH is 1. The molecular weight excluding hydrogens is 267 g/mol. The molecule has 4 N–H and O–H groups in total. The van der Waals surface area contributed by atoms with Crippen LogP contribution in [-0.2, 0) is 11.2 Å². The van der Waals surface area contributed by atoms with Gasteiger partial charge in [0.2, 0.25) is 0 Å². The second-order valence-electron chi connectivity index (χ2n) is 4.44. The summed E-state index contributed by atoms with van der Waals surface area (Å²) in [6, 6.07) is 5.14. The lowest BCUT2D eigenvalue weighted by Crippen LogP contribution is -2.45. The van der Waals surface area contributed by atoms with Gasteiger partial charge in [0.25, 0.3) is 0 Å². The molecule has 0 heterocycles. The van der Waals surface area contributed by atoms with Gasteiger partial charge in [-0.3, -0.25) is 0 Å². The van der Waals surface area contributed by atoms with Crippen LogP contribution in [0, 0.1) is 5.82 Å². The van der Waals surface area contributed by atoms with Crippen LogP contribution in [-0.4, -0.2) is 40.9 Å². The summed E-state index contributed by atoms with van der Waals surface area (Å²) in [6.45, 7) is 1.39. The molecule has 1 aromatic carbocycles. The maximum Gasteiger partial charge on any atom is 0.334 e. The number of hydrogen-bond donors (Lipinski definition) is 4. The van der Waals surface area contributed by atoms with Crippen LogP contribution in [0.4, 0.5) is 9.18 Å². The number of hydrogen-bond acceptors (Lipinski definition) is 3. The topological polar surface area (TPSA) is 98.7 Å². The Bertz CT molecular complexity index is 464. The number of carbonyl (C=O) groups is 2. The highest BCUT2D eigenvalue weighted by molar-refractivity contribution is 5.76. The normalized spacial score (nSPS) is 13.3. The van der Waals surface area contributed by atoms with E-state index in [1.54, 1.807) is 19.1 Å². The molecule has 0 aliphatic rings. The van der Waals surface area contributed by atoms with Gasteiger partial charge in [0.05, 0.1) is 6.54 Å². The van der Waals surface area contributed by atoms with Crippen molar-refractivity contribution in [1.82, 2.24) is 10.6 Å². The molecule has 0 aliphatic carbocycles. The van der Waals surface area contributed by atoms with Gasteiger partial charge in [-0.15, -0.1) is 0 Å². The van der Waals surface area contributed by atoms with Gasteiger partial charge < -0.3 is 20.8 Å². The number of carbonyl (C=O) groups excluding carboxylic acids is 1. The molecule has 0 saturated heterocycles. The number of amides is 2. The molecule has 110 valence electrons. The zero-order valence-corrected chi connectivity index (χ0v) is 11.0. The molecule has 0 aromatic heterocycles. The lowest BCUT2D eigenvalue weighted by atomic mass is 10.1. The number of urea groups is 1. The summed E-state index contributed by atoms with van der Waals surface area (Å²) in [6.07, 6.45) is -1.12. The first-order valence-corrected chi connectivity index (χ1v) is 6.08. The van der Waals surface area contributed by atoms with Crippen molar-refractivity contribution in [3.05, 3.63) is 35.6 Å². The van der Waals surface area contributed by atoms with Crippen LogP contribution in [0.5, 0.6) is 0 Å². The van der Waals surface area contributed by atoms with Crippen LogP contribution < -0.4 is 10.6 Å². The molecule has 0 saturated carbocycles. The second-order valence-corrected chi connectivity index (χ2v) is 4.44. The number of carboxylic acids is 1. The third-order valence-corrected chi connectivity index (χ3v) is 2.57. The van der Waals surface area contributed by atoms with Crippen molar-refractivity contribution in [3.8, 4) is 0 Å². The predicted molar refractivity (Wildman–Crippen MR) is 69.7 cm³/mol. The number of carboxylic acid groups (broad SMARTS) is 1. The highest BCUT2D eigenvalue weighted by Gasteiger charge is 2.15. The number of halogens is 1. The average Bonchev–Trinajstić information content (AvgIpc) is 2.38. The van der Waals surface area contributed by atoms with Crippen molar-refractivity contribution in [2.75, 3.05) is 6.54 Å². The molecular formula is C13H17FN2O4. The van der Waals surface area contributed by atoms with Gasteiger partial charge in [0.1, 0.15) is 5.82 Å². The molecule has 6 nitrogen and oxygen atoms in total. The molecule has 0 spiro atoms. The summed E-state index contributed by atoms with van der Waals surface area (Å²) < 4.78 is 12.7. The van der Waals surface area contributed by atoms with Gasteiger partial charge in [0.15, 0.2) is 6.10 Å². The summed E-state index contributed by atoms with van der Waals surface area (Å²) in [5.74, 6) is -1.72. The van der Waals surface area contributed by atoms with E-state index >= 15 is 0 Å². The minimum atomic E-state index is -1.63. The molecule has 0 radical (unpaired) electrons. The summed E-state index contributed by atoms with van der Waals surface area (Å²) >= 11 is 0. The first-order valence-electron chi connectivity index (χ1n) is 6.08. The average molecular weight is 284 g/mol. The quantitative estimate of drug-likeness (QED) is 0.611. The van der Waals surface area contributed by atoms with E-state index in [1.807, 2.05) is 0 Å². The third-order valence-electron chi connectivity index (χ3n) is 2.57. The van der Waals surface area contributed by atoms with Crippen molar-refractivity contribution < 1.29 is 24.2 Å². The van der Waals surface area contributed by atoms with Crippen molar-refractivity contribution in [1.29, 1.82) is 0 Å². The molecule has 0 bridgehead atoms. The van der Waals surface area contributed by atoms with Crippen LogP contribution in [0.2, 0.25) is 0 Å². The van der Waals surface area contributed by atoms with E-state index in [2.05, 4.69) is 10.6 Å². The Balaban J connectivity index is 2.34. The maximum absolute atomic E-state index is 12.7. The number of benzene rings is 1. The van der Waals surface area contributed by atoms with Crippen molar-refractivity contribution >= 4 is 12.0 Å². The molecule has 0 fully saturated rings. The van der Waals surface area contributed by atoms with E-state index in [4.69, 9.17) is 10.2 Å². The monoisotopic (exact) mass is 284 g/mol.